The van der Waals surface area contributed by atoms with Crippen LogP contribution >= 0.6 is 39.9 Å². The van der Waals surface area contributed by atoms with E-state index in [1.807, 2.05) is 24.3 Å². The van der Waals surface area contributed by atoms with Crippen molar-refractivity contribution in [1.29, 1.82) is 0 Å². The summed E-state index contributed by atoms with van der Waals surface area (Å²) < 4.78 is 6.31. The first-order chi connectivity index (χ1) is 12.1. The number of nitrogens with one attached hydrogen (secondary N) is 1. The van der Waals surface area contributed by atoms with E-state index < -0.39 is 0 Å². The summed E-state index contributed by atoms with van der Waals surface area (Å²) >= 11 is 3.48. The van der Waals surface area contributed by atoms with E-state index in [9.17, 15) is 0 Å². The summed E-state index contributed by atoms with van der Waals surface area (Å²) in [6, 6.07) is 16.1. The van der Waals surface area contributed by atoms with Crippen molar-refractivity contribution in [2.24, 2.45) is 16.6 Å². The Labute approximate surface area is 180 Å². The van der Waals surface area contributed by atoms with Crippen LogP contribution in [-0.2, 0) is 0 Å². The van der Waals surface area contributed by atoms with Crippen molar-refractivity contribution in [2.45, 2.75) is 6.42 Å². The molecule has 1 saturated heterocycles. The Morgan fingerprint density at radius 1 is 1.31 bits per heavy atom. The van der Waals surface area contributed by atoms with Crippen LogP contribution in [0.2, 0.25) is 0 Å². The van der Waals surface area contributed by atoms with Gasteiger partial charge in [-0.1, -0.05) is 22.0 Å². The van der Waals surface area contributed by atoms with E-state index in [-0.39, 0.29) is 24.0 Å². The van der Waals surface area contributed by atoms with Crippen LogP contribution in [0.25, 0.3) is 0 Å². The topological polar surface area (TPSA) is 62.9 Å². The number of hydrogen-bond donors (Lipinski definition) is 2. The molecular formula is C19H24BrIN4O. The van der Waals surface area contributed by atoms with Crippen molar-refractivity contribution >= 4 is 57.2 Å². The molecule has 0 spiro atoms. The van der Waals surface area contributed by atoms with Gasteiger partial charge in [-0.3, -0.25) is 4.99 Å². The normalized spacial score (nSPS) is 16.9. The fourth-order valence-electron chi connectivity index (χ4n) is 2.98. The minimum atomic E-state index is 0. The molecule has 0 aliphatic carbocycles. The van der Waals surface area contributed by atoms with E-state index in [1.54, 1.807) is 7.11 Å². The van der Waals surface area contributed by atoms with Crippen LogP contribution in [-0.4, -0.2) is 32.7 Å². The average Bonchev–Trinajstić information content (AvgIpc) is 3.10. The van der Waals surface area contributed by atoms with Gasteiger partial charge in [-0.25, -0.2) is 0 Å². The summed E-state index contributed by atoms with van der Waals surface area (Å²) in [6.07, 6.45) is 1.13. The number of ether oxygens (including phenoxy) is 1. The van der Waals surface area contributed by atoms with E-state index in [1.165, 1.54) is 5.69 Å². The standard InChI is InChI=1S/C19H23BrN4O.HI/c1-25-18-4-2-3-16(11-18)23-19(21)22-12-14-9-10-24(13-14)17-7-5-15(20)6-8-17;/h2-8,11,14H,9-10,12-13H2,1H3,(H3,21,22,23);1H. The Bertz CT molecular complexity index is 739. The molecule has 0 aromatic heterocycles. The van der Waals surface area contributed by atoms with Crippen molar-refractivity contribution in [3.8, 4) is 5.75 Å². The average molecular weight is 531 g/mol. The van der Waals surface area contributed by atoms with Crippen LogP contribution in [0.15, 0.2) is 58.0 Å². The van der Waals surface area contributed by atoms with Crippen molar-refractivity contribution in [2.75, 3.05) is 37.0 Å². The Hall–Kier alpha value is -1.48. The Morgan fingerprint density at radius 2 is 2.08 bits per heavy atom. The number of anilines is 2. The largest absolute Gasteiger partial charge is 0.497 e. The van der Waals surface area contributed by atoms with Crippen LogP contribution in [0.5, 0.6) is 5.75 Å². The summed E-state index contributed by atoms with van der Waals surface area (Å²) in [4.78, 5) is 6.91. The molecule has 1 heterocycles. The second kappa shape index (κ2) is 10.0. The van der Waals surface area contributed by atoms with Crippen LogP contribution in [0.1, 0.15) is 6.42 Å². The van der Waals surface area contributed by atoms with Gasteiger partial charge >= 0.3 is 0 Å². The van der Waals surface area contributed by atoms with E-state index in [4.69, 9.17) is 10.5 Å². The zero-order valence-electron chi connectivity index (χ0n) is 14.7. The summed E-state index contributed by atoms with van der Waals surface area (Å²) in [7, 11) is 1.65. The first-order valence-corrected chi connectivity index (χ1v) is 9.15. The SMILES string of the molecule is COc1cccc(NC(N)=NCC2CCN(c3ccc(Br)cc3)C2)c1.I. The monoisotopic (exact) mass is 530 g/mol. The van der Waals surface area contributed by atoms with E-state index in [0.717, 1.165) is 42.0 Å². The molecule has 1 aliphatic heterocycles. The second-order valence-electron chi connectivity index (χ2n) is 6.16. The molecule has 0 saturated carbocycles. The maximum absolute atomic E-state index is 6.02. The zero-order valence-corrected chi connectivity index (χ0v) is 18.6. The number of guanidine groups is 1. The van der Waals surface area contributed by atoms with Gasteiger partial charge < -0.3 is 20.7 Å². The lowest BCUT2D eigenvalue weighted by Crippen LogP contribution is -2.25. The number of halogens is 2. The molecule has 1 unspecified atom stereocenters. The zero-order chi connectivity index (χ0) is 17.6. The first-order valence-electron chi connectivity index (χ1n) is 8.35. The van der Waals surface area contributed by atoms with E-state index >= 15 is 0 Å². The highest BCUT2D eigenvalue weighted by atomic mass is 127. The quantitative estimate of drug-likeness (QED) is 0.343. The minimum absolute atomic E-state index is 0. The molecule has 2 aromatic carbocycles. The molecule has 7 heteroatoms. The molecule has 3 N–H and O–H groups in total. The van der Waals surface area contributed by atoms with Gasteiger partial charge in [-0.2, -0.15) is 0 Å². The summed E-state index contributed by atoms with van der Waals surface area (Å²) in [5, 5.41) is 3.12. The lowest BCUT2D eigenvalue weighted by atomic mass is 10.1. The van der Waals surface area contributed by atoms with E-state index in [2.05, 4.69) is 55.4 Å². The molecule has 0 radical (unpaired) electrons. The van der Waals surface area contributed by atoms with Crippen molar-refractivity contribution in [3.63, 3.8) is 0 Å². The summed E-state index contributed by atoms with van der Waals surface area (Å²) in [6.45, 7) is 2.80. The Kier molecular flexibility index (Phi) is 8.02. The van der Waals surface area contributed by atoms with Crippen LogP contribution < -0.4 is 20.7 Å². The molecule has 0 amide bonds. The number of hydrogen-bond acceptors (Lipinski definition) is 3. The van der Waals surface area contributed by atoms with Crippen LogP contribution in [0.4, 0.5) is 11.4 Å². The third-order valence-corrected chi connectivity index (χ3v) is 4.87. The molecule has 3 rings (SSSR count). The van der Waals surface area contributed by atoms with Gasteiger partial charge in [0.2, 0.25) is 0 Å². The third-order valence-electron chi connectivity index (χ3n) is 4.34. The predicted molar refractivity (Wildman–Crippen MR) is 123 cm³/mol. The maximum atomic E-state index is 6.02. The fraction of sp³-hybridized carbons (Fsp3) is 0.316. The molecule has 140 valence electrons. The molecule has 0 bridgehead atoms. The number of nitrogens with two attached hydrogens (primary N) is 1. The van der Waals surface area contributed by atoms with Gasteiger partial charge in [-0.05, 0) is 48.7 Å². The first kappa shape index (κ1) is 20.8. The number of methoxy groups -OCH3 is 1. The third kappa shape index (κ3) is 5.77. The Morgan fingerprint density at radius 3 is 2.81 bits per heavy atom. The minimum Gasteiger partial charge on any atom is -0.497 e. The lowest BCUT2D eigenvalue weighted by Gasteiger charge is -2.18. The van der Waals surface area contributed by atoms with Crippen LogP contribution in [0.3, 0.4) is 0 Å². The number of rotatable bonds is 5. The molecule has 26 heavy (non-hydrogen) atoms. The lowest BCUT2D eigenvalue weighted by molar-refractivity contribution is 0.415. The van der Waals surface area contributed by atoms with Gasteiger partial charge in [-0.15, -0.1) is 24.0 Å². The van der Waals surface area contributed by atoms with Crippen molar-refractivity contribution < 1.29 is 4.74 Å². The highest BCUT2D eigenvalue weighted by molar-refractivity contribution is 14.0. The molecule has 5 nitrogen and oxygen atoms in total. The smallest absolute Gasteiger partial charge is 0.193 e. The Balaban J connectivity index is 0.00000243. The summed E-state index contributed by atoms with van der Waals surface area (Å²) in [5.41, 5.74) is 8.16. The fourth-order valence-corrected chi connectivity index (χ4v) is 3.25. The second-order valence-corrected chi connectivity index (χ2v) is 7.08. The maximum Gasteiger partial charge on any atom is 0.193 e. The molecule has 1 fully saturated rings. The highest BCUT2D eigenvalue weighted by Gasteiger charge is 2.22. The summed E-state index contributed by atoms with van der Waals surface area (Å²) in [5.74, 6) is 1.75. The predicted octanol–water partition coefficient (Wildman–Crippen LogP) is 4.33. The molecular weight excluding hydrogens is 507 g/mol. The highest BCUT2D eigenvalue weighted by Crippen LogP contribution is 2.25. The van der Waals surface area contributed by atoms with Gasteiger partial charge in [0.05, 0.1) is 7.11 Å². The van der Waals surface area contributed by atoms with E-state index in [0.29, 0.717) is 11.9 Å². The molecule has 1 atom stereocenters. The van der Waals surface area contributed by atoms with Gasteiger partial charge in [0.1, 0.15) is 5.75 Å². The van der Waals surface area contributed by atoms with Gasteiger partial charge in [0, 0.05) is 41.5 Å². The number of nitrogens with zero attached hydrogens (tertiary/aromatic N) is 2. The van der Waals surface area contributed by atoms with Crippen molar-refractivity contribution in [3.05, 3.63) is 53.0 Å². The molecule has 1 aliphatic rings. The van der Waals surface area contributed by atoms with Crippen molar-refractivity contribution in [1.82, 2.24) is 0 Å². The van der Waals surface area contributed by atoms with Gasteiger partial charge in [0.15, 0.2) is 5.96 Å². The molecule has 2 aromatic rings. The number of benzene rings is 2. The number of aliphatic imine (C=N–C) groups is 1. The van der Waals surface area contributed by atoms with Gasteiger partial charge in [0.25, 0.3) is 0 Å². The van der Waals surface area contributed by atoms with Crippen LogP contribution in [0, 0.1) is 5.92 Å².